The molecule has 1 unspecified atom stereocenters. The molecule has 0 spiro atoms. The number of carbonyl (C=O) groups excluding carboxylic acids is 1. The zero-order chi connectivity index (χ0) is 15.3. The fraction of sp³-hybridized carbons (Fsp3) is 0.429. The van der Waals surface area contributed by atoms with Crippen LogP contribution in [0.3, 0.4) is 0 Å². The summed E-state index contributed by atoms with van der Waals surface area (Å²) in [6.45, 7) is 3.11. The van der Waals surface area contributed by atoms with Gasteiger partial charge in [0.15, 0.2) is 5.41 Å². The Morgan fingerprint density at radius 2 is 1.75 bits per heavy atom. The van der Waals surface area contributed by atoms with E-state index < -0.39 is 29.0 Å². The maximum atomic E-state index is 13.2. The molecule has 1 N–H and O–H groups in total. The number of benzene rings is 1. The van der Waals surface area contributed by atoms with Crippen molar-refractivity contribution in [1.29, 1.82) is 0 Å². The summed E-state index contributed by atoms with van der Waals surface area (Å²) >= 11 is 0. The Kier molecular flexibility index (Phi) is 5.19. The van der Waals surface area contributed by atoms with Crippen molar-refractivity contribution in [2.75, 3.05) is 6.61 Å². The van der Waals surface area contributed by atoms with Gasteiger partial charge in [-0.2, -0.15) is 0 Å². The van der Waals surface area contributed by atoms with Crippen LogP contribution < -0.4 is 0 Å². The molecule has 0 aliphatic rings. The van der Waals surface area contributed by atoms with Gasteiger partial charge in [-0.1, -0.05) is 6.92 Å². The first-order valence-corrected chi connectivity index (χ1v) is 6.21. The van der Waals surface area contributed by atoms with Crippen molar-refractivity contribution in [1.82, 2.24) is 0 Å². The van der Waals surface area contributed by atoms with Crippen LogP contribution in [0.15, 0.2) is 18.2 Å². The summed E-state index contributed by atoms with van der Waals surface area (Å²) < 4.78 is 31.1. The van der Waals surface area contributed by atoms with Gasteiger partial charge in [0.2, 0.25) is 0 Å². The minimum absolute atomic E-state index is 0.0331. The fourth-order valence-corrected chi connectivity index (χ4v) is 1.99. The van der Waals surface area contributed by atoms with Crippen molar-refractivity contribution >= 4 is 11.9 Å². The van der Waals surface area contributed by atoms with Gasteiger partial charge >= 0.3 is 11.9 Å². The maximum Gasteiger partial charge on any atom is 0.323 e. The molecule has 0 saturated heterocycles. The van der Waals surface area contributed by atoms with E-state index in [2.05, 4.69) is 0 Å². The van der Waals surface area contributed by atoms with Gasteiger partial charge in [-0.3, -0.25) is 9.59 Å². The summed E-state index contributed by atoms with van der Waals surface area (Å²) in [6, 6.07) is 2.70. The molecule has 1 aromatic carbocycles. The number of aliphatic carboxylic acids is 1. The van der Waals surface area contributed by atoms with E-state index in [1.54, 1.807) is 6.92 Å². The van der Waals surface area contributed by atoms with Gasteiger partial charge in [-0.25, -0.2) is 8.78 Å². The molecule has 0 saturated carbocycles. The van der Waals surface area contributed by atoms with Crippen LogP contribution in [0, 0.1) is 17.0 Å². The van der Waals surface area contributed by atoms with Crippen LogP contribution in [0.4, 0.5) is 8.78 Å². The minimum Gasteiger partial charge on any atom is -0.480 e. The van der Waals surface area contributed by atoms with E-state index in [4.69, 9.17) is 4.74 Å². The summed E-state index contributed by atoms with van der Waals surface area (Å²) in [4.78, 5) is 23.4. The summed E-state index contributed by atoms with van der Waals surface area (Å²) in [7, 11) is 0. The molecule has 0 amide bonds. The second-order valence-corrected chi connectivity index (χ2v) is 4.42. The van der Waals surface area contributed by atoms with E-state index in [0.717, 1.165) is 12.1 Å². The minimum atomic E-state index is -1.84. The molecule has 1 rings (SSSR count). The highest BCUT2D eigenvalue weighted by atomic mass is 19.1. The average molecular weight is 286 g/mol. The lowest BCUT2D eigenvalue weighted by Gasteiger charge is -2.25. The van der Waals surface area contributed by atoms with E-state index >= 15 is 0 Å². The number of carboxylic acid groups (broad SMARTS) is 1. The SMILES string of the molecule is CCOC(=O)C(CC)(Cc1cc(F)cc(F)c1)C(=O)O. The quantitative estimate of drug-likeness (QED) is 0.645. The second kappa shape index (κ2) is 6.45. The van der Waals surface area contributed by atoms with Crippen LogP contribution in [0.25, 0.3) is 0 Å². The number of esters is 1. The van der Waals surface area contributed by atoms with Crippen molar-refractivity contribution in [3.8, 4) is 0 Å². The van der Waals surface area contributed by atoms with Crippen LogP contribution >= 0.6 is 0 Å². The van der Waals surface area contributed by atoms with Gasteiger partial charge in [-0.05, 0) is 37.5 Å². The lowest BCUT2D eigenvalue weighted by atomic mass is 9.79. The number of ether oxygens (including phenoxy) is 1. The number of hydrogen-bond acceptors (Lipinski definition) is 3. The lowest BCUT2D eigenvalue weighted by Crippen LogP contribution is -2.42. The Hall–Kier alpha value is -1.98. The smallest absolute Gasteiger partial charge is 0.323 e. The highest BCUT2D eigenvalue weighted by molar-refractivity contribution is 5.99. The number of carboxylic acids is 1. The van der Waals surface area contributed by atoms with Crippen molar-refractivity contribution in [2.45, 2.75) is 26.7 Å². The van der Waals surface area contributed by atoms with Crippen LogP contribution in [0.2, 0.25) is 0 Å². The molecule has 0 fully saturated rings. The van der Waals surface area contributed by atoms with Gasteiger partial charge < -0.3 is 9.84 Å². The van der Waals surface area contributed by atoms with Gasteiger partial charge in [0, 0.05) is 6.07 Å². The topological polar surface area (TPSA) is 63.6 Å². The normalized spacial score (nSPS) is 13.6. The van der Waals surface area contributed by atoms with Crippen molar-refractivity contribution in [2.24, 2.45) is 5.41 Å². The number of hydrogen-bond donors (Lipinski definition) is 1. The molecule has 0 radical (unpaired) electrons. The third kappa shape index (κ3) is 3.31. The van der Waals surface area contributed by atoms with Crippen molar-refractivity contribution in [3.63, 3.8) is 0 Å². The highest BCUT2D eigenvalue weighted by Gasteiger charge is 2.46. The molecular weight excluding hydrogens is 270 g/mol. The Bertz CT molecular complexity index is 496. The van der Waals surface area contributed by atoms with Crippen molar-refractivity contribution in [3.05, 3.63) is 35.4 Å². The Morgan fingerprint density at radius 1 is 1.20 bits per heavy atom. The largest absolute Gasteiger partial charge is 0.480 e. The Balaban J connectivity index is 3.18. The number of carbonyl (C=O) groups is 2. The molecule has 1 atom stereocenters. The molecule has 0 aliphatic carbocycles. The van der Waals surface area contributed by atoms with Gasteiger partial charge in [0.05, 0.1) is 6.61 Å². The highest BCUT2D eigenvalue weighted by Crippen LogP contribution is 2.30. The molecule has 0 aromatic heterocycles. The molecule has 110 valence electrons. The van der Waals surface area contributed by atoms with Crippen LogP contribution in [-0.2, 0) is 20.7 Å². The predicted molar refractivity (Wildman–Crippen MR) is 67.1 cm³/mol. The first-order valence-electron chi connectivity index (χ1n) is 6.21. The third-order valence-corrected chi connectivity index (χ3v) is 3.11. The Morgan fingerprint density at radius 3 is 2.15 bits per heavy atom. The van der Waals surface area contributed by atoms with Crippen LogP contribution in [0.5, 0.6) is 0 Å². The first kappa shape index (κ1) is 16.1. The van der Waals surface area contributed by atoms with Gasteiger partial charge in [0.25, 0.3) is 0 Å². The monoisotopic (exact) mass is 286 g/mol. The van der Waals surface area contributed by atoms with E-state index in [1.807, 2.05) is 0 Å². The number of halogens is 2. The molecule has 0 bridgehead atoms. The van der Waals surface area contributed by atoms with E-state index in [9.17, 15) is 23.5 Å². The molecule has 1 aromatic rings. The Labute approximate surface area is 115 Å². The van der Waals surface area contributed by atoms with E-state index in [1.165, 1.54) is 6.92 Å². The molecule has 0 aliphatic heterocycles. The predicted octanol–water partition coefficient (Wildman–Crippen LogP) is 2.55. The maximum absolute atomic E-state index is 13.2. The zero-order valence-electron chi connectivity index (χ0n) is 11.3. The summed E-state index contributed by atoms with van der Waals surface area (Å²) in [6.07, 6.45) is -0.369. The van der Waals surface area contributed by atoms with Crippen LogP contribution in [-0.4, -0.2) is 23.7 Å². The first-order chi connectivity index (χ1) is 9.35. The zero-order valence-corrected chi connectivity index (χ0v) is 11.3. The van der Waals surface area contributed by atoms with Gasteiger partial charge in [0.1, 0.15) is 11.6 Å². The fourth-order valence-electron chi connectivity index (χ4n) is 1.99. The molecule has 20 heavy (non-hydrogen) atoms. The van der Waals surface area contributed by atoms with E-state index in [-0.39, 0.29) is 25.0 Å². The molecular formula is C14H16F2O4. The van der Waals surface area contributed by atoms with E-state index in [0.29, 0.717) is 6.07 Å². The average Bonchev–Trinajstić information content (AvgIpc) is 2.34. The van der Waals surface area contributed by atoms with Gasteiger partial charge in [-0.15, -0.1) is 0 Å². The molecule has 6 heteroatoms. The lowest BCUT2D eigenvalue weighted by molar-refractivity contribution is -0.168. The third-order valence-electron chi connectivity index (χ3n) is 3.11. The standard InChI is InChI=1S/C14H16F2O4/c1-3-14(12(17)18,13(19)20-4-2)8-9-5-10(15)7-11(16)6-9/h5-7H,3-4,8H2,1-2H3,(H,17,18). The molecule has 0 heterocycles. The summed E-state index contributed by atoms with van der Waals surface area (Å²) in [5, 5.41) is 9.33. The summed E-state index contributed by atoms with van der Waals surface area (Å²) in [5.74, 6) is -3.92. The molecule has 4 nitrogen and oxygen atoms in total. The van der Waals surface area contributed by atoms with Crippen LogP contribution in [0.1, 0.15) is 25.8 Å². The second-order valence-electron chi connectivity index (χ2n) is 4.42. The van der Waals surface area contributed by atoms with Crippen molar-refractivity contribution < 1.29 is 28.2 Å². The summed E-state index contributed by atoms with van der Waals surface area (Å²) in [5.41, 5.74) is -1.74. The number of rotatable bonds is 6.